The first-order valence-corrected chi connectivity index (χ1v) is 7.78. The summed E-state index contributed by atoms with van der Waals surface area (Å²) < 4.78 is 13.5. The van der Waals surface area contributed by atoms with Crippen molar-refractivity contribution >= 4 is 5.69 Å². The van der Waals surface area contributed by atoms with Gasteiger partial charge in [-0.15, -0.1) is 0 Å². The number of rotatable bonds is 2. The molecule has 3 rings (SSSR count). The zero-order valence-corrected chi connectivity index (χ0v) is 13.8. The molecule has 1 saturated heterocycles. The molecule has 1 fully saturated rings. The summed E-state index contributed by atoms with van der Waals surface area (Å²) in [5, 5.41) is 6.91. The summed E-state index contributed by atoms with van der Waals surface area (Å²) >= 11 is 0. The maximum atomic E-state index is 13.5. The molecule has 2 aromatic rings. The molecule has 0 atom stereocenters. The van der Waals surface area contributed by atoms with Crippen LogP contribution in [0.4, 0.5) is 10.1 Å². The van der Waals surface area contributed by atoms with Crippen LogP contribution in [-0.2, 0) is 0 Å². The number of pyridine rings is 1. The first-order valence-electron chi connectivity index (χ1n) is 7.78. The highest BCUT2D eigenvalue weighted by Gasteiger charge is 2.16. The van der Waals surface area contributed by atoms with E-state index in [2.05, 4.69) is 42.0 Å². The minimum atomic E-state index is -0.421. The van der Waals surface area contributed by atoms with E-state index < -0.39 is 5.82 Å². The monoisotopic (exact) mass is 329 g/mol. The second kappa shape index (κ2) is 7.31. The van der Waals surface area contributed by atoms with Gasteiger partial charge < -0.3 is 9.80 Å². The lowest BCUT2D eigenvalue weighted by molar-refractivity contribution is 0.312. The maximum Gasteiger partial charge on any atom is 0.162 e. The second-order valence-electron chi connectivity index (χ2n) is 5.73. The lowest BCUT2D eigenvalue weighted by atomic mass is 10.2. The summed E-state index contributed by atoms with van der Waals surface area (Å²) in [6, 6.07) is 1.37. The van der Waals surface area contributed by atoms with Crippen LogP contribution in [0.15, 0.2) is 31.0 Å². The Bertz CT molecular complexity index is 752. The molecule has 8 heteroatoms. The summed E-state index contributed by atoms with van der Waals surface area (Å²) in [4.78, 5) is 17.2. The Balaban J connectivity index is 2.04. The molecule has 0 unspecified atom stereocenters. The summed E-state index contributed by atoms with van der Waals surface area (Å²) in [6.07, 6.45) is 5.88. The molecule has 0 bridgehead atoms. The molecule has 1 aliphatic rings. The van der Waals surface area contributed by atoms with Crippen LogP contribution in [0.5, 0.6) is 0 Å². The fourth-order valence-electron chi connectivity index (χ4n) is 2.59. The Morgan fingerprint density at radius 1 is 1.12 bits per heavy atom. The van der Waals surface area contributed by atoms with Crippen molar-refractivity contribution < 1.29 is 4.39 Å². The van der Waals surface area contributed by atoms with Gasteiger partial charge in [0, 0.05) is 37.9 Å². The van der Waals surface area contributed by atoms with E-state index in [4.69, 9.17) is 0 Å². The molecule has 7 nitrogen and oxygen atoms in total. The third-order valence-corrected chi connectivity index (χ3v) is 3.96. The van der Waals surface area contributed by atoms with Crippen LogP contribution >= 0.6 is 0 Å². The van der Waals surface area contributed by atoms with E-state index in [0.717, 1.165) is 43.8 Å². The third kappa shape index (κ3) is 3.83. The van der Waals surface area contributed by atoms with Crippen LogP contribution in [-0.4, -0.2) is 63.3 Å². The summed E-state index contributed by atoms with van der Waals surface area (Å²) in [7, 11) is 2.11. The number of aryl methyl sites for hydroxylation is 1. The van der Waals surface area contributed by atoms with Gasteiger partial charge in [-0.05, 0) is 20.0 Å². The zero-order valence-electron chi connectivity index (χ0n) is 13.8. The Labute approximate surface area is 139 Å². The fraction of sp³-hybridized carbons (Fsp3) is 0.375. The van der Waals surface area contributed by atoms with E-state index in [1.165, 1.54) is 12.4 Å². The smallest absolute Gasteiger partial charge is 0.162 e. The Hall–Kier alpha value is -2.61. The molecule has 3 heterocycles. The van der Waals surface area contributed by atoms with Crippen LogP contribution in [0.25, 0.3) is 11.4 Å². The largest absolute Gasteiger partial charge is 0.366 e. The number of nitrogens with zero attached hydrogens (tertiary/aromatic N) is 6. The predicted molar refractivity (Wildman–Crippen MR) is 89.4 cm³/mol. The van der Waals surface area contributed by atoms with Crippen LogP contribution in [0.3, 0.4) is 0 Å². The van der Waals surface area contributed by atoms with Gasteiger partial charge in [0.2, 0.25) is 0 Å². The van der Waals surface area contributed by atoms with Crippen molar-refractivity contribution in [1.29, 1.82) is 0 Å². The topological polar surface area (TPSA) is 73.8 Å². The third-order valence-electron chi connectivity index (χ3n) is 3.96. The highest BCUT2D eigenvalue weighted by Crippen LogP contribution is 2.19. The number of nitrogens with one attached hydrogen (secondary N) is 1. The van der Waals surface area contributed by atoms with Gasteiger partial charge in [-0.2, -0.15) is 5.10 Å². The zero-order chi connectivity index (χ0) is 16.9. The highest BCUT2D eigenvalue weighted by molar-refractivity contribution is 5.55. The molecule has 24 heavy (non-hydrogen) atoms. The van der Waals surface area contributed by atoms with Crippen molar-refractivity contribution in [2.24, 2.45) is 0 Å². The first-order chi connectivity index (χ1) is 11.6. The quantitative estimate of drug-likeness (QED) is 0.902. The van der Waals surface area contributed by atoms with Crippen molar-refractivity contribution in [3.8, 4) is 11.4 Å². The average Bonchev–Trinajstić information content (AvgIpc) is 2.66. The molecule has 0 radical (unpaired) electrons. The molecule has 0 spiro atoms. The highest BCUT2D eigenvalue weighted by atomic mass is 19.1. The molecular weight excluding hydrogens is 309 g/mol. The number of anilines is 1. The van der Waals surface area contributed by atoms with E-state index in [9.17, 15) is 4.39 Å². The van der Waals surface area contributed by atoms with Gasteiger partial charge in [0.05, 0.1) is 23.8 Å². The molecule has 0 amide bonds. The lowest BCUT2D eigenvalue weighted by Crippen LogP contribution is -2.44. The van der Waals surface area contributed by atoms with Crippen molar-refractivity contribution in [3.05, 3.63) is 42.5 Å². The van der Waals surface area contributed by atoms with Crippen molar-refractivity contribution in [3.63, 3.8) is 0 Å². The SMILES string of the molecule is Cc1nc(-c2cncc(F)c2)nc[nH]ncc1N1CCN(C)CC1. The molecule has 2 aromatic heterocycles. The molecule has 0 saturated carbocycles. The number of aromatic nitrogens is 5. The van der Waals surface area contributed by atoms with E-state index in [1.807, 2.05) is 6.92 Å². The van der Waals surface area contributed by atoms with Crippen LogP contribution in [0.2, 0.25) is 0 Å². The molecule has 126 valence electrons. The van der Waals surface area contributed by atoms with Gasteiger partial charge in [0.1, 0.15) is 12.1 Å². The fourth-order valence-corrected chi connectivity index (χ4v) is 2.59. The van der Waals surface area contributed by atoms with E-state index in [1.54, 1.807) is 12.4 Å². The van der Waals surface area contributed by atoms with Gasteiger partial charge in [0.15, 0.2) is 5.82 Å². The van der Waals surface area contributed by atoms with Crippen molar-refractivity contribution in [1.82, 2.24) is 30.0 Å². The molecular formula is C16H20FN7. The summed E-state index contributed by atoms with van der Waals surface area (Å²) in [5.74, 6) is -0.0282. The first kappa shape index (κ1) is 16.3. The average molecular weight is 329 g/mol. The number of H-pyrrole nitrogens is 1. The Morgan fingerprint density at radius 2 is 1.92 bits per heavy atom. The van der Waals surface area contributed by atoms with Gasteiger partial charge in [-0.1, -0.05) is 0 Å². The number of hydrogen-bond acceptors (Lipinski definition) is 6. The number of likely N-dealkylation sites (N-methyl/N-ethyl adjacent to an activating group) is 1. The van der Waals surface area contributed by atoms with Gasteiger partial charge in [-0.3, -0.25) is 10.1 Å². The van der Waals surface area contributed by atoms with Gasteiger partial charge >= 0.3 is 0 Å². The van der Waals surface area contributed by atoms with E-state index in [0.29, 0.717) is 11.4 Å². The predicted octanol–water partition coefficient (Wildman–Crippen LogP) is 1.59. The number of hydrogen-bond donors (Lipinski definition) is 1. The number of aromatic amines is 1. The summed E-state index contributed by atoms with van der Waals surface area (Å²) in [6.45, 7) is 5.69. The second-order valence-corrected chi connectivity index (χ2v) is 5.73. The van der Waals surface area contributed by atoms with E-state index >= 15 is 0 Å². The van der Waals surface area contributed by atoms with Crippen LogP contribution < -0.4 is 4.90 Å². The van der Waals surface area contributed by atoms with Crippen molar-refractivity contribution in [2.75, 3.05) is 38.1 Å². The number of halogens is 1. The van der Waals surface area contributed by atoms with Crippen LogP contribution in [0.1, 0.15) is 5.69 Å². The minimum absolute atomic E-state index is 0.393. The maximum absolute atomic E-state index is 13.5. The summed E-state index contributed by atoms with van der Waals surface area (Å²) in [5.41, 5.74) is 2.23. The standard InChI is InChI=1S/C16H20FN7/c1-12-15(24-5-3-23(2)4-6-24)10-20-21-11-19-16(22-12)13-7-14(17)9-18-8-13/h7-11H,3-6H2,1-2H3,(H,19,21,22). The van der Waals surface area contributed by atoms with Crippen LogP contribution in [0, 0.1) is 12.7 Å². The van der Waals surface area contributed by atoms with Crippen molar-refractivity contribution in [2.45, 2.75) is 6.92 Å². The van der Waals surface area contributed by atoms with Gasteiger partial charge in [0.25, 0.3) is 0 Å². The van der Waals surface area contributed by atoms with E-state index in [-0.39, 0.29) is 0 Å². The lowest BCUT2D eigenvalue weighted by Gasteiger charge is -2.33. The number of piperazine rings is 1. The molecule has 1 aliphatic heterocycles. The Morgan fingerprint density at radius 3 is 2.67 bits per heavy atom. The molecule has 1 N–H and O–H groups in total. The normalized spacial score (nSPS) is 15.2. The molecule has 0 aliphatic carbocycles. The van der Waals surface area contributed by atoms with Gasteiger partial charge in [-0.25, -0.2) is 14.4 Å². The molecule has 0 aromatic carbocycles. The minimum Gasteiger partial charge on any atom is -0.366 e. The Kier molecular flexibility index (Phi) is 4.95.